The highest BCUT2D eigenvalue weighted by atomic mass is 16.2. The van der Waals surface area contributed by atoms with Crippen LogP contribution in [0.4, 0.5) is 5.69 Å². The summed E-state index contributed by atoms with van der Waals surface area (Å²) in [4.78, 5) is 18.2. The first-order chi connectivity index (χ1) is 9.95. The first-order valence-corrected chi connectivity index (χ1v) is 7.12. The molecule has 0 radical (unpaired) electrons. The zero-order chi connectivity index (χ0) is 15.6. The summed E-state index contributed by atoms with van der Waals surface area (Å²) in [6.45, 7) is 1.52. The van der Waals surface area contributed by atoms with Crippen molar-refractivity contribution in [2.24, 2.45) is 0 Å². The van der Waals surface area contributed by atoms with E-state index in [0.29, 0.717) is 12.1 Å². The molecule has 1 aromatic carbocycles. The van der Waals surface area contributed by atoms with Gasteiger partial charge in [0.1, 0.15) is 6.04 Å². The summed E-state index contributed by atoms with van der Waals surface area (Å²) in [5, 5.41) is 9.47. The Bertz CT molecular complexity index is 574. The summed E-state index contributed by atoms with van der Waals surface area (Å²) in [6, 6.07) is 7.53. The molecule has 0 aliphatic carbocycles. The lowest BCUT2D eigenvalue weighted by molar-refractivity contribution is 0.0752. The Morgan fingerprint density at radius 2 is 2.00 bits per heavy atom. The third-order valence-electron chi connectivity index (χ3n) is 3.78. The summed E-state index contributed by atoms with van der Waals surface area (Å²) in [5.41, 5.74) is 2.51. The zero-order valence-corrected chi connectivity index (χ0v) is 13.1. The molecule has 1 atom stereocenters. The second-order valence-corrected chi connectivity index (χ2v) is 5.85. The van der Waals surface area contributed by atoms with Crippen molar-refractivity contribution in [2.75, 3.05) is 46.2 Å². The molecular formula is C16H22N4O. The molecule has 1 aromatic rings. The number of rotatable bonds is 5. The fourth-order valence-electron chi connectivity index (χ4n) is 2.62. The standard InChI is InChI=1S/C16H22N4O/c1-18(2)8-5-9-20-15(11-17)14-10-12(19(3)4)6-7-13(14)16(20)21/h6-7,10,15H,5,8-9H2,1-4H3. The Morgan fingerprint density at radius 1 is 1.29 bits per heavy atom. The Morgan fingerprint density at radius 3 is 2.57 bits per heavy atom. The SMILES string of the molecule is CN(C)CCCN1C(=O)c2ccc(N(C)C)cc2C1C#N. The van der Waals surface area contributed by atoms with Crippen LogP contribution in [-0.2, 0) is 0 Å². The van der Waals surface area contributed by atoms with Crippen LogP contribution in [0, 0.1) is 11.3 Å². The number of hydrogen-bond acceptors (Lipinski definition) is 4. The highest BCUT2D eigenvalue weighted by Crippen LogP contribution is 2.35. The van der Waals surface area contributed by atoms with E-state index in [0.717, 1.165) is 24.2 Å². The second kappa shape index (κ2) is 6.15. The fraction of sp³-hybridized carbons (Fsp3) is 0.500. The van der Waals surface area contributed by atoms with E-state index < -0.39 is 6.04 Å². The molecule has 0 saturated heterocycles. The fourth-order valence-corrected chi connectivity index (χ4v) is 2.62. The lowest BCUT2D eigenvalue weighted by Crippen LogP contribution is -2.30. The van der Waals surface area contributed by atoms with E-state index in [1.165, 1.54) is 0 Å². The van der Waals surface area contributed by atoms with Gasteiger partial charge in [0, 0.05) is 37.5 Å². The molecule has 0 N–H and O–H groups in total. The van der Waals surface area contributed by atoms with Crippen molar-refractivity contribution in [3.63, 3.8) is 0 Å². The average molecular weight is 286 g/mol. The Kier molecular flexibility index (Phi) is 4.49. The van der Waals surface area contributed by atoms with Gasteiger partial charge in [0.15, 0.2) is 0 Å². The van der Waals surface area contributed by atoms with Gasteiger partial charge in [-0.05, 0) is 45.3 Å². The number of amides is 1. The van der Waals surface area contributed by atoms with Crippen molar-refractivity contribution in [3.8, 4) is 6.07 Å². The summed E-state index contributed by atoms with van der Waals surface area (Å²) < 4.78 is 0. The Balaban J connectivity index is 2.24. The molecular weight excluding hydrogens is 264 g/mol. The largest absolute Gasteiger partial charge is 0.378 e. The topological polar surface area (TPSA) is 50.6 Å². The molecule has 1 amide bonds. The van der Waals surface area contributed by atoms with Gasteiger partial charge in [0.2, 0.25) is 0 Å². The summed E-state index contributed by atoms with van der Waals surface area (Å²) >= 11 is 0. The van der Waals surface area contributed by atoms with Crippen LogP contribution in [0.2, 0.25) is 0 Å². The molecule has 112 valence electrons. The van der Waals surface area contributed by atoms with E-state index in [2.05, 4.69) is 11.0 Å². The van der Waals surface area contributed by atoms with Crippen molar-refractivity contribution in [1.82, 2.24) is 9.80 Å². The van der Waals surface area contributed by atoms with Gasteiger partial charge in [-0.2, -0.15) is 5.26 Å². The first kappa shape index (κ1) is 15.3. The number of carbonyl (C=O) groups is 1. The van der Waals surface area contributed by atoms with Crippen molar-refractivity contribution in [2.45, 2.75) is 12.5 Å². The van der Waals surface area contributed by atoms with Gasteiger partial charge in [-0.15, -0.1) is 0 Å². The maximum Gasteiger partial charge on any atom is 0.255 e. The highest BCUT2D eigenvalue weighted by molar-refractivity contribution is 6.00. The number of anilines is 1. The van der Waals surface area contributed by atoms with Crippen molar-refractivity contribution in [3.05, 3.63) is 29.3 Å². The molecule has 1 aliphatic heterocycles. The van der Waals surface area contributed by atoms with E-state index >= 15 is 0 Å². The van der Waals surface area contributed by atoms with E-state index in [1.54, 1.807) is 4.90 Å². The lowest BCUT2D eigenvalue weighted by Gasteiger charge is -2.21. The van der Waals surface area contributed by atoms with Crippen LogP contribution in [0.1, 0.15) is 28.4 Å². The second-order valence-electron chi connectivity index (χ2n) is 5.85. The average Bonchev–Trinajstić information content (AvgIpc) is 2.70. The van der Waals surface area contributed by atoms with Gasteiger partial charge in [0.05, 0.1) is 6.07 Å². The maximum atomic E-state index is 12.5. The zero-order valence-electron chi connectivity index (χ0n) is 13.1. The Labute approximate surface area is 126 Å². The van der Waals surface area contributed by atoms with Crippen LogP contribution < -0.4 is 4.90 Å². The quantitative estimate of drug-likeness (QED) is 0.827. The minimum atomic E-state index is -0.463. The maximum absolute atomic E-state index is 12.5. The van der Waals surface area contributed by atoms with Crippen molar-refractivity contribution < 1.29 is 4.79 Å². The molecule has 21 heavy (non-hydrogen) atoms. The number of hydrogen-bond donors (Lipinski definition) is 0. The summed E-state index contributed by atoms with van der Waals surface area (Å²) in [6.07, 6.45) is 0.867. The van der Waals surface area contributed by atoms with Crippen molar-refractivity contribution >= 4 is 11.6 Å². The monoisotopic (exact) mass is 286 g/mol. The predicted octanol–water partition coefficient (Wildman–Crippen LogP) is 1.72. The van der Waals surface area contributed by atoms with E-state index in [9.17, 15) is 10.1 Å². The van der Waals surface area contributed by atoms with Crippen LogP contribution in [-0.4, -0.2) is 57.0 Å². The smallest absolute Gasteiger partial charge is 0.255 e. The molecule has 5 heteroatoms. The van der Waals surface area contributed by atoms with Gasteiger partial charge in [-0.1, -0.05) is 0 Å². The molecule has 0 saturated carbocycles. The van der Waals surface area contributed by atoms with Gasteiger partial charge in [-0.25, -0.2) is 0 Å². The van der Waals surface area contributed by atoms with Crippen molar-refractivity contribution in [1.29, 1.82) is 5.26 Å². The van der Waals surface area contributed by atoms with Gasteiger partial charge >= 0.3 is 0 Å². The molecule has 0 aromatic heterocycles. The normalized spacial score (nSPS) is 17.0. The van der Waals surface area contributed by atoms with Crippen LogP contribution >= 0.6 is 0 Å². The minimum Gasteiger partial charge on any atom is -0.378 e. The molecule has 0 fully saturated rings. The number of fused-ring (bicyclic) bond motifs is 1. The molecule has 2 rings (SSSR count). The Hall–Kier alpha value is -2.06. The van der Waals surface area contributed by atoms with Gasteiger partial charge in [0.25, 0.3) is 5.91 Å². The van der Waals surface area contributed by atoms with E-state index in [-0.39, 0.29) is 5.91 Å². The molecule has 5 nitrogen and oxygen atoms in total. The van der Waals surface area contributed by atoms with Gasteiger partial charge < -0.3 is 14.7 Å². The number of nitriles is 1. The minimum absolute atomic E-state index is 0.0272. The number of carbonyl (C=O) groups excluding carboxylic acids is 1. The van der Waals surface area contributed by atoms with E-state index in [1.807, 2.05) is 51.3 Å². The third-order valence-corrected chi connectivity index (χ3v) is 3.78. The van der Waals surface area contributed by atoms with Crippen LogP contribution in [0.5, 0.6) is 0 Å². The number of benzene rings is 1. The van der Waals surface area contributed by atoms with Crippen LogP contribution in [0.15, 0.2) is 18.2 Å². The summed E-state index contributed by atoms with van der Waals surface area (Å²) in [7, 11) is 7.92. The molecule has 0 bridgehead atoms. The highest BCUT2D eigenvalue weighted by Gasteiger charge is 2.36. The van der Waals surface area contributed by atoms with Crippen LogP contribution in [0.25, 0.3) is 0 Å². The molecule has 1 heterocycles. The lowest BCUT2D eigenvalue weighted by atomic mass is 10.0. The predicted molar refractivity (Wildman–Crippen MR) is 83.3 cm³/mol. The molecule has 1 aliphatic rings. The third kappa shape index (κ3) is 3.01. The summed E-state index contributed by atoms with van der Waals surface area (Å²) in [5.74, 6) is -0.0272. The first-order valence-electron chi connectivity index (χ1n) is 7.12. The van der Waals surface area contributed by atoms with E-state index in [4.69, 9.17) is 0 Å². The van der Waals surface area contributed by atoms with Crippen LogP contribution in [0.3, 0.4) is 0 Å². The van der Waals surface area contributed by atoms with Gasteiger partial charge in [-0.3, -0.25) is 4.79 Å². The molecule has 1 unspecified atom stereocenters. The molecule has 0 spiro atoms. The number of nitrogens with zero attached hydrogens (tertiary/aromatic N) is 4.